The van der Waals surface area contributed by atoms with E-state index in [0.29, 0.717) is 30.6 Å². The van der Waals surface area contributed by atoms with E-state index in [-0.39, 0.29) is 11.7 Å². The van der Waals surface area contributed by atoms with E-state index in [9.17, 15) is 9.90 Å². The zero-order valence-corrected chi connectivity index (χ0v) is 19.5. The highest BCUT2D eigenvalue weighted by molar-refractivity contribution is 5.96. The van der Waals surface area contributed by atoms with Gasteiger partial charge in [0.25, 0.3) is 5.91 Å². The van der Waals surface area contributed by atoms with Crippen molar-refractivity contribution >= 4 is 5.91 Å². The summed E-state index contributed by atoms with van der Waals surface area (Å²) in [7, 11) is 3.19. The zero-order chi connectivity index (χ0) is 22.8. The SMILES string of the molecule is CCCCC(CC(C)C)c1cc(OC)ccc1C(=O)NCCc1ccc(O)c(OC)c1. The normalized spacial score (nSPS) is 11.9. The van der Waals surface area contributed by atoms with E-state index in [0.717, 1.165) is 48.1 Å². The Morgan fingerprint density at radius 1 is 1.10 bits per heavy atom. The van der Waals surface area contributed by atoms with Crippen molar-refractivity contribution in [3.8, 4) is 17.2 Å². The molecule has 0 aliphatic carbocycles. The molecule has 0 heterocycles. The molecule has 0 saturated carbocycles. The number of phenols is 1. The van der Waals surface area contributed by atoms with E-state index < -0.39 is 0 Å². The summed E-state index contributed by atoms with van der Waals surface area (Å²) in [5.41, 5.74) is 2.79. The molecule has 0 aromatic heterocycles. The second kappa shape index (κ2) is 12.2. The number of unbranched alkanes of at least 4 members (excludes halogenated alkanes) is 1. The molecule has 0 saturated heterocycles. The Bertz CT molecular complexity index is 847. The molecule has 0 fully saturated rings. The van der Waals surface area contributed by atoms with Crippen LogP contribution >= 0.6 is 0 Å². The molecule has 0 aliphatic rings. The number of hydrogen-bond acceptors (Lipinski definition) is 4. The van der Waals surface area contributed by atoms with Crippen LogP contribution in [0.2, 0.25) is 0 Å². The fourth-order valence-electron chi connectivity index (χ4n) is 3.93. The van der Waals surface area contributed by atoms with Crippen molar-refractivity contribution in [2.24, 2.45) is 5.92 Å². The lowest BCUT2D eigenvalue weighted by molar-refractivity contribution is 0.0952. The minimum Gasteiger partial charge on any atom is -0.504 e. The summed E-state index contributed by atoms with van der Waals surface area (Å²) in [5, 5.41) is 12.8. The molecule has 31 heavy (non-hydrogen) atoms. The summed E-state index contributed by atoms with van der Waals surface area (Å²) in [6.07, 6.45) is 5.03. The average Bonchev–Trinajstić information content (AvgIpc) is 2.76. The van der Waals surface area contributed by atoms with Gasteiger partial charge in [-0.3, -0.25) is 4.79 Å². The third kappa shape index (κ3) is 7.20. The molecule has 2 aromatic rings. The van der Waals surface area contributed by atoms with Gasteiger partial charge < -0.3 is 19.9 Å². The Balaban J connectivity index is 2.16. The predicted octanol–water partition coefficient (Wildman–Crippen LogP) is 5.70. The summed E-state index contributed by atoms with van der Waals surface area (Å²) in [5.74, 6) is 2.16. The van der Waals surface area contributed by atoms with Gasteiger partial charge in [0, 0.05) is 12.1 Å². The van der Waals surface area contributed by atoms with Gasteiger partial charge in [0.1, 0.15) is 5.75 Å². The van der Waals surface area contributed by atoms with Crippen LogP contribution in [-0.4, -0.2) is 31.8 Å². The molecule has 0 bridgehead atoms. The van der Waals surface area contributed by atoms with Crippen LogP contribution in [0.3, 0.4) is 0 Å². The van der Waals surface area contributed by atoms with Gasteiger partial charge in [-0.05, 0) is 72.6 Å². The number of carbonyl (C=O) groups excluding carboxylic acids is 1. The Morgan fingerprint density at radius 2 is 1.87 bits per heavy atom. The Kier molecular flexibility index (Phi) is 9.70. The highest BCUT2D eigenvalue weighted by Crippen LogP contribution is 2.34. The van der Waals surface area contributed by atoms with Gasteiger partial charge in [-0.1, -0.05) is 39.7 Å². The molecular weight excluding hydrogens is 390 g/mol. The van der Waals surface area contributed by atoms with Crippen molar-refractivity contribution in [2.75, 3.05) is 20.8 Å². The number of amides is 1. The maximum absolute atomic E-state index is 13.1. The van der Waals surface area contributed by atoms with Crippen molar-refractivity contribution in [2.45, 2.75) is 58.8 Å². The van der Waals surface area contributed by atoms with E-state index in [2.05, 4.69) is 26.1 Å². The molecule has 5 nitrogen and oxygen atoms in total. The number of phenolic OH excluding ortho intramolecular Hbond substituents is 1. The lowest BCUT2D eigenvalue weighted by Crippen LogP contribution is -2.27. The van der Waals surface area contributed by atoms with Crippen LogP contribution in [0.1, 0.15) is 73.9 Å². The summed E-state index contributed by atoms with van der Waals surface area (Å²) < 4.78 is 10.6. The second-order valence-corrected chi connectivity index (χ2v) is 8.43. The average molecular weight is 428 g/mol. The van der Waals surface area contributed by atoms with E-state index in [1.54, 1.807) is 19.2 Å². The van der Waals surface area contributed by atoms with Crippen LogP contribution in [0.5, 0.6) is 17.2 Å². The zero-order valence-electron chi connectivity index (χ0n) is 19.5. The summed E-state index contributed by atoms with van der Waals surface area (Å²) >= 11 is 0. The van der Waals surface area contributed by atoms with E-state index in [1.807, 2.05) is 24.3 Å². The number of benzene rings is 2. The lowest BCUT2D eigenvalue weighted by atomic mass is 9.83. The molecule has 1 unspecified atom stereocenters. The first-order valence-electron chi connectivity index (χ1n) is 11.2. The Morgan fingerprint density at radius 3 is 2.52 bits per heavy atom. The van der Waals surface area contributed by atoms with Gasteiger partial charge in [-0.2, -0.15) is 0 Å². The quantitative estimate of drug-likeness (QED) is 0.456. The van der Waals surface area contributed by atoms with Crippen LogP contribution in [0.4, 0.5) is 0 Å². The van der Waals surface area contributed by atoms with Gasteiger partial charge in [-0.15, -0.1) is 0 Å². The Labute approximate surface area is 186 Å². The Hall–Kier alpha value is -2.69. The van der Waals surface area contributed by atoms with Crippen LogP contribution < -0.4 is 14.8 Å². The van der Waals surface area contributed by atoms with E-state index in [4.69, 9.17) is 9.47 Å². The van der Waals surface area contributed by atoms with Gasteiger partial charge in [0.15, 0.2) is 11.5 Å². The summed E-state index contributed by atoms with van der Waals surface area (Å²) in [6.45, 7) is 7.15. The van der Waals surface area contributed by atoms with Crippen LogP contribution in [-0.2, 0) is 6.42 Å². The number of nitrogens with one attached hydrogen (secondary N) is 1. The maximum Gasteiger partial charge on any atom is 0.251 e. The van der Waals surface area contributed by atoms with Crippen molar-refractivity contribution in [1.82, 2.24) is 5.32 Å². The van der Waals surface area contributed by atoms with Crippen LogP contribution in [0.15, 0.2) is 36.4 Å². The first kappa shape index (κ1) is 24.6. The third-order valence-corrected chi connectivity index (χ3v) is 5.55. The molecule has 2 aromatic carbocycles. The minimum atomic E-state index is -0.0614. The highest BCUT2D eigenvalue weighted by atomic mass is 16.5. The van der Waals surface area contributed by atoms with Crippen molar-refractivity contribution in [3.05, 3.63) is 53.1 Å². The fourth-order valence-corrected chi connectivity index (χ4v) is 3.93. The summed E-state index contributed by atoms with van der Waals surface area (Å²) in [6, 6.07) is 11.0. The molecule has 1 amide bonds. The monoisotopic (exact) mass is 427 g/mol. The van der Waals surface area contributed by atoms with Crippen molar-refractivity contribution < 1.29 is 19.4 Å². The number of ether oxygens (including phenoxy) is 2. The second-order valence-electron chi connectivity index (χ2n) is 8.43. The molecule has 0 spiro atoms. The fraction of sp³-hybridized carbons (Fsp3) is 0.500. The molecule has 5 heteroatoms. The van der Waals surface area contributed by atoms with Crippen LogP contribution in [0.25, 0.3) is 0 Å². The minimum absolute atomic E-state index is 0.0614. The molecule has 2 rings (SSSR count). The van der Waals surface area contributed by atoms with E-state index in [1.165, 1.54) is 7.11 Å². The van der Waals surface area contributed by atoms with Gasteiger partial charge in [-0.25, -0.2) is 0 Å². The molecular formula is C26H37NO4. The first-order valence-corrected chi connectivity index (χ1v) is 11.2. The van der Waals surface area contributed by atoms with Crippen LogP contribution in [0, 0.1) is 5.92 Å². The summed E-state index contributed by atoms with van der Waals surface area (Å²) in [4.78, 5) is 13.1. The number of methoxy groups -OCH3 is 2. The maximum atomic E-state index is 13.1. The molecule has 0 radical (unpaired) electrons. The van der Waals surface area contributed by atoms with Gasteiger partial charge in [0.2, 0.25) is 0 Å². The molecule has 1 atom stereocenters. The number of carbonyl (C=O) groups is 1. The number of rotatable bonds is 12. The van der Waals surface area contributed by atoms with Crippen molar-refractivity contribution in [1.29, 1.82) is 0 Å². The largest absolute Gasteiger partial charge is 0.504 e. The van der Waals surface area contributed by atoms with Gasteiger partial charge in [0.05, 0.1) is 14.2 Å². The number of aromatic hydroxyl groups is 1. The molecule has 2 N–H and O–H groups in total. The molecule has 0 aliphatic heterocycles. The first-order chi connectivity index (χ1) is 14.9. The smallest absolute Gasteiger partial charge is 0.251 e. The van der Waals surface area contributed by atoms with Gasteiger partial charge >= 0.3 is 0 Å². The van der Waals surface area contributed by atoms with Crippen molar-refractivity contribution in [3.63, 3.8) is 0 Å². The number of hydrogen-bond donors (Lipinski definition) is 2. The van der Waals surface area contributed by atoms with E-state index >= 15 is 0 Å². The standard InChI is InChI=1S/C26H37NO4/c1-6-7-8-20(15-18(2)3)23-17-21(30-4)10-11-22(23)26(29)27-14-13-19-9-12-24(28)25(16-19)31-5/h9-12,16-18,20,28H,6-8,13-15H2,1-5H3,(H,27,29). The predicted molar refractivity (Wildman–Crippen MR) is 125 cm³/mol. The third-order valence-electron chi connectivity index (χ3n) is 5.55. The topological polar surface area (TPSA) is 67.8 Å². The lowest BCUT2D eigenvalue weighted by Gasteiger charge is -2.23. The molecule has 170 valence electrons. The highest BCUT2D eigenvalue weighted by Gasteiger charge is 2.21.